The van der Waals surface area contributed by atoms with E-state index in [-0.39, 0.29) is 29.1 Å². The van der Waals surface area contributed by atoms with Crippen LogP contribution in [0.2, 0.25) is 0 Å². The second-order valence-electron chi connectivity index (χ2n) is 5.28. The lowest BCUT2D eigenvalue weighted by molar-refractivity contribution is -0.145. The molecule has 0 radical (unpaired) electrons. The lowest BCUT2D eigenvalue weighted by Gasteiger charge is -2.32. The van der Waals surface area contributed by atoms with Gasteiger partial charge in [-0.15, -0.1) is 0 Å². The molecule has 3 rings (SSSR count). The van der Waals surface area contributed by atoms with E-state index in [2.05, 4.69) is 10.3 Å². The molecule has 2 aromatic rings. The monoisotopic (exact) mass is 286 g/mol. The first kappa shape index (κ1) is 13.4. The van der Waals surface area contributed by atoms with Crippen molar-refractivity contribution >= 4 is 22.6 Å². The molecule has 0 spiro atoms. The van der Waals surface area contributed by atoms with Crippen molar-refractivity contribution in [3.63, 3.8) is 0 Å². The summed E-state index contributed by atoms with van der Waals surface area (Å²) in [6, 6.07) is 8.50. The first-order valence-electron chi connectivity index (χ1n) is 6.70. The number of pyridine rings is 1. The van der Waals surface area contributed by atoms with Crippen molar-refractivity contribution in [1.29, 1.82) is 0 Å². The van der Waals surface area contributed by atoms with E-state index in [1.165, 1.54) is 0 Å². The number of hydrogen-bond acceptors (Lipinski definition) is 3. The zero-order valence-electron chi connectivity index (χ0n) is 11.1. The fourth-order valence-corrected chi connectivity index (χ4v) is 2.53. The van der Waals surface area contributed by atoms with Crippen molar-refractivity contribution in [2.24, 2.45) is 5.92 Å². The molecule has 1 saturated carbocycles. The second-order valence-corrected chi connectivity index (χ2v) is 5.28. The van der Waals surface area contributed by atoms with Crippen LogP contribution >= 0.6 is 0 Å². The lowest BCUT2D eigenvalue weighted by Crippen LogP contribution is -2.47. The number of nitrogens with one attached hydrogen (secondary N) is 2. The minimum atomic E-state index is -0.834. The maximum Gasteiger partial charge on any atom is 0.306 e. The molecule has 0 aliphatic heterocycles. The van der Waals surface area contributed by atoms with Crippen LogP contribution in [0.15, 0.2) is 35.1 Å². The molecule has 0 atom stereocenters. The van der Waals surface area contributed by atoms with E-state index in [0.717, 1.165) is 0 Å². The van der Waals surface area contributed by atoms with E-state index in [4.69, 9.17) is 5.11 Å². The number of carbonyl (C=O) groups is 2. The van der Waals surface area contributed by atoms with Gasteiger partial charge in [0.2, 0.25) is 0 Å². The van der Waals surface area contributed by atoms with E-state index in [1.807, 2.05) is 0 Å². The molecule has 0 saturated heterocycles. The molecule has 6 heteroatoms. The largest absolute Gasteiger partial charge is 0.481 e. The molecule has 1 aliphatic rings. The smallest absolute Gasteiger partial charge is 0.306 e. The van der Waals surface area contributed by atoms with Crippen LogP contribution in [0, 0.1) is 5.92 Å². The Bertz CT molecular complexity index is 775. The predicted molar refractivity (Wildman–Crippen MR) is 76.2 cm³/mol. The van der Waals surface area contributed by atoms with Gasteiger partial charge in [-0.1, -0.05) is 18.2 Å². The molecule has 0 unspecified atom stereocenters. The fraction of sp³-hybridized carbons (Fsp3) is 0.267. The SMILES string of the molecule is O=C(NC1CC(C(=O)O)C1)c1cc2ccccc2c(=O)[nH]1. The third kappa shape index (κ3) is 2.52. The number of carboxylic acids is 1. The van der Waals surface area contributed by atoms with Crippen LogP contribution < -0.4 is 10.9 Å². The Morgan fingerprint density at radius 3 is 2.67 bits per heavy atom. The molecule has 1 aromatic carbocycles. The summed E-state index contributed by atoms with van der Waals surface area (Å²) >= 11 is 0. The van der Waals surface area contributed by atoms with Gasteiger partial charge in [0.25, 0.3) is 11.5 Å². The third-order valence-electron chi connectivity index (χ3n) is 3.82. The molecule has 1 aliphatic carbocycles. The van der Waals surface area contributed by atoms with Gasteiger partial charge in [0.15, 0.2) is 0 Å². The molecular weight excluding hydrogens is 272 g/mol. The maximum absolute atomic E-state index is 12.1. The average molecular weight is 286 g/mol. The number of amides is 1. The Balaban J connectivity index is 1.77. The van der Waals surface area contributed by atoms with Crippen molar-refractivity contribution in [1.82, 2.24) is 10.3 Å². The van der Waals surface area contributed by atoms with Crippen molar-refractivity contribution in [2.45, 2.75) is 18.9 Å². The second kappa shape index (κ2) is 5.05. The standard InChI is InChI=1S/C15H14N2O4/c18-13-11-4-2-1-3-8(11)7-12(17-13)14(19)16-10-5-9(6-10)15(20)21/h1-4,7,9-10H,5-6H2,(H,16,19)(H,17,18)(H,20,21). The van der Waals surface area contributed by atoms with Crippen molar-refractivity contribution in [3.8, 4) is 0 Å². The molecule has 1 heterocycles. The highest BCUT2D eigenvalue weighted by atomic mass is 16.4. The highest BCUT2D eigenvalue weighted by Crippen LogP contribution is 2.27. The van der Waals surface area contributed by atoms with Gasteiger partial charge >= 0.3 is 5.97 Å². The molecule has 3 N–H and O–H groups in total. The van der Waals surface area contributed by atoms with Gasteiger partial charge in [0, 0.05) is 11.4 Å². The number of carbonyl (C=O) groups excluding carboxylic acids is 1. The molecule has 0 bridgehead atoms. The van der Waals surface area contributed by atoms with Gasteiger partial charge < -0.3 is 15.4 Å². The molecule has 1 fully saturated rings. The Kier molecular flexibility index (Phi) is 3.21. The number of fused-ring (bicyclic) bond motifs is 1. The number of aromatic nitrogens is 1. The first-order valence-corrected chi connectivity index (χ1v) is 6.70. The van der Waals surface area contributed by atoms with E-state index in [1.54, 1.807) is 30.3 Å². The van der Waals surface area contributed by atoms with Crippen molar-refractivity contribution in [3.05, 3.63) is 46.4 Å². The average Bonchev–Trinajstić information content (AvgIpc) is 2.41. The molecule has 21 heavy (non-hydrogen) atoms. The van der Waals surface area contributed by atoms with Gasteiger partial charge in [-0.05, 0) is 30.4 Å². The fourth-order valence-electron chi connectivity index (χ4n) is 2.53. The topological polar surface area (TPSA) is 99.3 Å². The number of aliphatic carboxylic acids is 1. The molecule has 1 amide bonds. The molecular formula is C15H14N2O4. The normalized spacial score (nSPS) is 20.8. The summed E-state index contributed by atoms with van der Waals surface area (Å²) in [7, 11) is 0. The zero-order valence-corrected chi connectivity index (χ0v) is 11.1. The van der Waals surface area contributed by atoms with E-state index in [0.29, 0.717) is 23.6 Å². The Morgan fingerprint density at radius 1 is 1.24 bits per heavy atom. The summed E-state index contributed by atoms with van der Waals surface area (Å²) in [5.41, 5.74) is -0.118. The Labute approximate surface area is 119 Å². The Morgan fingerprint density at radius 2 is 1.95 bits per heavy atom. The number of rotatable bonds is 3. The van der Waals surface area contributed by atoms with Crippen molar-refractivity contribution < 1.29 is 14.7 Å². The minimum Gasteiger partial charge on any atom is -0.481 e. The Hall–Kier alpha value is -2.63. The first-order chi connectivity index (χ1) is 10.0. The maximum atomic E-state index is 12.1. The number of aromatic amines is 1. The van der Waals surface area contributed by atoms with E-state index >= 15 is 0 Å². The molecule has 6 nitrogen and oxygen atoms in total. The molecule has 108 valence electrons. The molecule has 1 aromatic heterocycles. The summed E-state index contributed by atoms with van der Waals surface area (Å²) in [6.45, 7) is 0. The summed E-state index contributed by atoms with van der Waals surface area (Å²) < 4.78 is 0. The quantitative estimate of drug-likeness (QED) is 0.787. The summed E-state index contributed by atoms with van der Waals surface area (Å²) in [5, 5.41) is 12.8. The van der Waals surface area contributed by atoms with Crippen LogP contribution in [-0.2, 0) is 4.79 Å². The van der Waals surface area contributed by atoms with Crippen LogP contribution in [0.4, 0.5) is 0 Å². The summed E-state index contributed by atoms with van der Waals surface area (Å²) in [6.07, 6.45) is 0.859. The van der Waals surface area contributed by atoms with E-state index in [9.17, 15) is 14.4 Å². The van der Waals surface area contributed by atoms with Crippen LogP contribution in [0.1, 0.15) is 23.3 Å². The predicted octanol–water partition coefficient (Wildman–Crippen LogP) is 1.12. The van der Waals surface area contributed by atoms with Crippen LogP contribution in [-0.4, -0.2) is 28.0 Å². The van der Waals surface area contributed by atoms with Gasteiger partial charge in [-0.3, -0.25) is 14.4 Å². The number of benzene rings is 1. The van der Waals surface area contributed by atoms with E-state index < -0.39 is 5.97 Å². The highest BCUT2D eigenvalue weighted by Gasteiger charge is 2.35. The van der Waals surface area contributed by atoms with Crippen LogP contribution in [0.5, 0.6) is 0 Å². The number of hydrogen-bond donors (Lipinski definition) is 3. The lowest BCUT2D eigenvalue weighted by atomic mass is 9.80. The van der Waals surface area contributed by atoms with Crippen LogP contribution in [0.25, 0.3) is 10.8 Å². The third-order valence-corrected chi connectivity index (χ3v) is 3.82. The minimum absolute atomic E-state index is 0.145. The zero-order chi connectivity index (χ0) is 15.0. The van der Waals surface area contributed by atoms with Gasteiger partial charge in [0.1, 0.15) is 5.69 Å². The van der Waals surface area contributed by atoms with Gasteiger partial charge in [0.05, 0.1) is 5.92 Å². The highest BCUT2D eigenvalue weighted by molar-refractivity contribution is 5.96. The van der Waals surface area contributed by atoms with Crippen LogP contribution in [0.3, 0.4) is 0 Å². The van der Waals surface area contributed by atoms with Gasteiger partial charge in [-0.25, -0.2) is 0 Å². The summed E-state index contributed by atoms with van der Waals surface area (Å²) in [5.74, 6) is -1.60. The van der Waals surface area contributed by atoms with Crippen molar-refractivity contribution in [2.75, 3.05) is 0 Å². The van der Waals surface area contributed by atoms with Gasteiger partial charge in [-0.2, -0.15) is 0 Å². The number of carboxylic acid groups (broad SMARTS) is 1. The number of H-pyrrole nitrogens is 1. The summed E-state index contributed by atoms with van der Waals surface area (Å²) in [4.78, 5) is 37.3.